The van der Waals surface area contributed by atoms with Gasteiger partial charge >= 0.3 is 0 Å². The average Bonchev–Trinajstić information content (AvgIpc) is 2.19. The zero-order chi connectivity index (χ0) is 13.3. The van der Waals surface area contributed by atoms with Gasteiger partial charge in [0.2, 0.25) is 0 Å². The summed E-state index contributed by atoms with van der Waals surface area (Å²) in [6, 6.07) is 6.59. The summed E-state index contributed by atoms with van der Waals surface area (Å²) in [5.74, 6) is -0.110. The third kappa shape index (κ3) is 3.21. The average molecular weight is 272 g/mol. The van der Waals surface area contributed by atoms with E-state index in [1.165, 1.54) is 6.07 Å². The molecule has 1 aromatic rings. The van der Waals surface area contributed by atoms with E-state index in [1.54, 1.807) is 32.9 Å². The van der Waals surface area contributed by atoms with Crippen LogP contribution in [0.5, 0.6) is 0 Å². The molecular formula is C12H14ClNO2S. The Labute approximate surface area is 107 Å². The molecular weight excluding hydrogens is 258 g/mol. The van der Waals surface area contributed by atoms with Crippen LogP contribution in [-0.4, -0.2) is 13.2 Å². The van der Waals surface area contributed by atoms with Crippen molar-refractivity contribution in [1.29, 1.82) is 5.26 Å². The van der Waals surface area contributed by atoms with E-state index in [0.717, 1.165) is 0 Å². The van der Waals surface area contributed by atoms with Gasteiger partial charge in [-0.1, -0.05) is 17.7 Å². The van der Waals surface area contributed by atoms with Crippen LogP contribution in [0.4, 0.5) is 0 Å². The molecule has 0 saturated heterocycles. The van der Waals surface area contributed by atoms with E-state index in [9.17, 15) is 8.42 Å². The van der Waals surface area contributed by atoms with Gasteiger partial charge in [0.25, 0.3) is 0 Å². The predicted octanol–water partition coefficient (Wildman–Crippen LogP) is 2.92. The van der Waals surface area contributed by atoms with E-state index in [4.69, 9.17) is 16.9 Å². The molecule has 0 amide bonds. The molecule has 17 heavy (non-hydrogen) atoms. The summed E-state index contributed by atoms with van der Waals surface area (Å²) < 4.78 is 23.2. The Balaban J connectivity index is 3.11. The van der Waals surface area contributed by atoms with Crippen molar-refractivity contribution in [3.8, 4) is 6.07 Å². The van der Waals surface area contributed by atoms with Gasteiger partial charge < -0.3 is 0 Å². The Bertz CT molecular complexity index is 565. The molecule has 0 aliphatic heterocycles. The molecule has 0 bridgehead atoms. The second kappa shape index (κ2) is 4.67. The van der Waals surface area contributed by atoms with Crippen molar-refractivity contribution >= 4 is 21.4 Å². The molecule has 0 atom stereocenters. The van der Waals surface area contributed by atoms with Crippen LogP contribution in [0.1, 0.15) is 31.9 Å². The Morgan fingerprint density at radius 3 is 2.35 bits per heavy atom. The number of benzene rings is 1. The highest BCUT2D eigenvalue weighted by Crippen LogP contribution is 2.25. The quantitative estimate of drug-likeness (QED) is 0.831. The van der Waals surface area contributed by atoms with Crippen LogP contribution in [0.3, 0.4) is 0 Å². The largest absolute Gasteiger partial charge is 0.228 e. The summed E-state index contributed by atoms with van der Waals surface area (Å²) in [6.07, 6.45) is 0. The van der Waals surface area contributed by atoms with Gasteiger partial charge in [-0.25, -0.2) is 8.42 Å². The number of hydrogen-bond acceptors (Lipinski definition) is 3. The third-order valence-corrected chi connectivity index (χ3v) is 5.37. The zero-order valence-corrected chi connectivity index (χ0v) is 11.6. The molecule has 0 saturated carbocycles. The summed E-state index contributed by atoms with van der Waals surface area (Å²) >= 11 is 5.95. The first-order valence-electron chi connectivity index (χ1n) is 5.08. The predicted molar refractivity (Wildman–Crippen MR) is 68.5 cm³/mol. The Hall–Kier alpha value is -1.05. The van der Waals surface area contributed by atoms with Gasteiger partial charge in [-0.2, -0.15) is 5.26 Å². The monoisotopic (exact) mass is 271 g/mol. The van der Waals surface area contributed by atoms with E-state index in [1.807, 2.05) is 6.07 Å². The number of nitrogens with zero attached hydrogens (tertiary/aromatic N) is 1. The van der Waals surface area contributed by atoms with Gasteiger partial charge in [0.1, 0.15) is 0 Å². The van der Waals surface area contributed by atoms with Crippen molar-refractivity contribution in [3.05, 3.63) is 34.3 Å². The van der Waals surface area contributed by atoms with E-state index in [2.05, 4.69) is 0 Å². The van der Waals surface area contributed by atoms with Crippen LogP contribution < -0.4 is 0 Å². The molecule has 0 radical (unpaired) electrons. The van der Waals surface area contributed by atoms with Gasteiger partial charge in [0.15, 0.2) is 9.84 Å². The lowest BCUT2D eigenvalue weighted by Gasteiger charge is -2.19. The minimum Gasteiger partial charge on any atom is -0.228 e. The molecule has 5 heteroatoms. The number of hydrogen-bond donors (Lipinski definition) is 0. The highest BCUT2D eigenvalue weighted by atomic mass is 35.5. The van der Waals surface area contributed by atoms with Gasteiger partial charge in [-0.05, 0) is 38.5 Å². The maximum atomic E-state index is 12.0. The SMILES string of the molecule is CC(C)(C)S(=O)(=O)Cc1ccc(C#N)cc1Cl. The molecule has 92 valence electrons. The van der Waals surface area contributed by atoms with Gasteiger partial charge in [-0.15, -0.1) is 0 Å². The number of halogens is 1. The van der Waals surface area contributed by atoms with Crippen LogP contribution in [0.2, 0.25) is 5.02 Å². The van der Waals surface area contributed by atoms with E-state index in [-0.39, 0.29) is 5.75 Å². The molecule has 0 aliphatic rings. The highest BCUT2D eigenvalue weighted by Gasteiger charge is 2.29. The topological polar surface area (TPSA) is 57.9 Å². The summed E-state index contributed by atoms with van der Waals surface area (Å²) in [6.45, 7) is 4.96. The maximum absolute atomic E-state index is 12.0. The lowest BCUT2D eigenvalue weighted by Crippen LogP contribution is -2.29. The number of rotatable bonds is 2. The van der Waals surface area contributed by atoms with Crippen LogP contribution in [0, 0.1) is 11.3 Å². The Morgan fingerprint density at radius 1 is 1.35 bits per heavy atom. The first-order chi connectivity index (χ1) is 7.67. The number of sulfone groups is 1. The molecule has 0 spiro atoms. The summed E-state index contributed by atoms with van der Waals surface area (Å²) in [5.41, 5.74) is 0.951. The van der Waals surface area contributed by atoms with Crippen LogP contribution in [0.25, 0.3) is 0 Å². The normalized spacial score (nSPS) is 12.2. The fourth-order valence-electron chi connectivity index (χ4n) is 1.16. The van der Waals surface area contributed by atoms with Crippen molar-refractivity contribution in [1.82, 2.24) is 0 Å². The third-order valence-electron chi connectivity index (χ3n) is 2.46. The van der Waals surface area contributed by atoms with Gasteiger partial charge in [0, 0.05) is 5.02 Å². The fraction of sp³-hybridized carbons (Fsp3) is 0.417. The molecule has 0 unspecified atom stereocenters. The van der Waals surface area contributed by atoms with E-state index >= 15 is 0 Å². The van der Waals surface area contributed by atoms with Crippen molar-refractivity contribution in [2.75, 3.05) is 0 Å². The van der Waals surface area contributed by atoms with E-state index < -0.39 is 14.6 Å². The first kappa shape index (κ1) is 14.0. The molecule has 0 aromatic heterocycles. The number of nitriles is 1. The van der Waals surface area contributed by atoms with Crippen molar-refractivity contribution < 1.29 is 8.42 Å². The molecule has 1 aromatic carbocycles. The second-order valence-corrected chi connectivity index (χ2v) is 7.94. The molecule has 0 fully saturated rings. The zero-order valence-electron chi connectivity index (χ0n) is 9.99. The molecule has 3 nitrogen and oxygen atoms in total. The van der Waals surface area contributed by atoms with Gasteiger partial charge in [0.05, 0.1) is 22.1 Å². The second-order valence-electron chi connectivity index (χ2n) is 4.79. The summed E-state index contributed by atoms with van der Waals surface area (Å²) in [5, 5.41) is 9.00. The van der Waals surface area contributed by atoms with Crippen LogP contribution >= 0.6 is 11.6 Å². The standard InChI is InChI=1S/C12H14ClNO2S/c1-12(2,3)17(15,16)8-10-5-4-9(7-14)6-11(10)13/h4-6H,8H2,1-3H3. The Morgan fingerprint density at radius 2 is 1.94 bits per heavy atom. The van der Waals surface area contributed by atoms with Gasteiger partial charge in [-0.3, -0.25) is 0 Å². The van der Waals surface area contributed by atoms with Crippen LogP contribution in [0.15, 0.2) is 18.2 Å². The molecule has 0 heterocycles. The van der Waals surface area contributed by atoms with E-state index in [0.29, 0.717) is 16.1 Å². The van der Waals surface area contributed by atoms with Crippen LogP contribution in [-0.2, 0) is 15.6 Å². The molecule has 1 rings (SSSR count). The smallest absolute Gasteiger partial charge is 0.159 e. The van der Waals surface area contributed by atoms with Crippen molar-refractivity contribution in [2.45, 2.75) is 31.3 Å². The highest BCUT2D eigenvalue weighted by molar-refractivity contribution is 7.91. The lowest BCUT2D eigenvalue weighted by atomic mass is 10.2. The molecule has 0 aliphatic carbocycles. The molecule has 0 N–H and O–H groups in total. The summed E-state index contributed by atoms with van der Waals surface area (Å²) in [7, 11) is -3.26. The maximum Gasteiger partial charge on any atom is 0.159 e. The van der Waals surface area contributed by atoms with Crippen molar-refractivity contribution in [3.63, 3.8) is 0 Å². The fourth-order valence-corrected chi connectivity index (χ4v) is 2.58. The minimum atomic E-state index is -3.26. The van der Waals surface area contributed by atoms with Crippen molar-refractivity contribution in [2.24, 2.45) is 0 Å². The Kier molecular flexibility index (Phi) is 3.85. The lowest BCUT2D eigenvalue weighted by molar-refractivity contribution is 0.559. The minimum absolute atomic E-state index is 0.110. The summed E-state index contributed by atoms with van der Waals surface area (Å²) in [4.78, 5) is 0. The first-order valence-corrected chi connectivity index (χ1v) is 7.11.